The number of hydrogen-bond donors (Lipinski definition) is 0. The van der Waals surface area contributed by atoms with E-state index in [0.29, 0.717) is 16.7 Å². The van der Waals surface area contributed by atoms with E-state index in [1.54, 1.807) is 19.2 Å². The van der Waals surface area contributed by atoms with Crippen LogP contribution in [0.25, 0.3) is 0 Å². The molecule has 19 heteroatoms. The van der Waals surface area contributed by atoms with Crippen molar-refractivity contribution >= 4 is 45.0 Å². The van der Waals surface area contributed by atoms with Crippen LogP contribution < -0.4 is 29.6 Å². The van der Waals surface area contributed by atoms with Crippen LogP contribution in [0.2, 0.25) is 10.0 Å². The number of hydrogen-bond acceptors (Lipinski definition) is 1. The molecule has 0 heterocycles. The minimum Gasteiger partial charge on any atom is -1.00 e. The summed E-state index contributed by atoms with van der Waals surface area (Å²) in [6.07, 6.45) is 0. The van der Waals surface area contributed by atoms with Crippen LogP contribution in [0, 0.1) is 0 Å². The van der Waals surface area contributed by atoms with E-state index in [2.05, 4.69) is 0 Å². The monoisotopic (exact) mass is 475 g/mol. The Hall–Kier alpha value is 0.115. The van der Waals surface area contributed by atoms with Gasteiger partial charge in [-0.1, -0.05) is 29.3 Å². The molecule has 0 aliphatic carbocycles. The number of ether oxygens (including phenoxy) is 1. The molecule has 0 fully saturated rings. The second kappa shape index (κ2) is 16.0. The van der Waals surface area contributed by atoms with Crippen molar-refractivity contribution in [2.24, 2.45) is 0 Å². The van der Waals surface area contributed by atoms with Gasteiger partial charge in [-0.25, -0.2) is 0 Å². The van der Waals surface area contributed by atoms with Crippen molar-refractivity contribution in [2.75, 3.05) is 7.11 Å². The van der Waals surface area contributed by atoms with Crippen molar-refractivity contribution in [3.05, 3.63) is 33.8 Å². The SMILES string of the molecule is COCc1c(Cl)cccc1Cl.F[B-](F)(F)F.F[B-](F)(F)F.F[B-](F)(F)F.[H-].[Na+]. The van der Waals surface area contributed by atoms with Crippen LogP contribution in [0.4, 0.5) is 51.8 Å². The van der Waals surface area contributed by atoms with E-state index in [1.165, 1.54) is 0 Å². The van der Waals surface area contributed by atoms with Gasteiger partial charge in [-0.3, -0.25) is 0 Å². The van der Waals surface area contributed by atoms with E-state index in [1.807, 2.05) is 6.07 Å². The van der Waals surface area contributed by atoms with Gasteiger partial charge in [0, 0.05) is 22.7 Å². The van der Waals surface area contributed by atoms with Gasteiger partial charge < -0.3 is 58.0 Å². The third kappa shape index (κ3) is 51.8. The molecular formula is C8H9B3Cl2F12NaO-3. The molecular weight excluding hydrogens is 466 g/mol. The zero-order valence-corrected chi connectivity index (χ0v) is 16.9. The van der Waals surface area contributed by atoms with Crippen molar-refractivity contribution in [1.82, 2.24) is 0 Å². The Bertz CT molecular complexity index is 438. The first kappa shape index (κ1) is 34.6. The molecule has 1 rings (SSSR count). The molecule has 27 heavy (non-hydrogen) atoms. The summed E-state index contributed by atoms with van der Waals surface area (Å²) in [7, 11) is -16.4. The van der Waals surface area contributed by atoms with Gasteiger partial charge >= 0.3 is 51.3 Å². The summed E-state index contributed by atoms with van der Waals surface area (Å²) >= 11 is 11.7. The minimum atomic E-state index is -6.00. The number of methoxy groups -OCH3 is 1. The van der Waals surface area contributed by atoms with Gasteiger partial charge in [0.25, 0.3) is 0 Å². The van der Waals surface area contributed by atoms with Crippen molar-refractivity contribution in [3.8, 4) is 0 Å². The smallest absolute Gasteiger partial charge is 1.00 e. The first-order valence-corrected chi connectivity index (χ1v) is 6.55. The van der Waals surface area contributed by atoms with Crippen LogP contribution in [-0.4, -0.2) is 28.9 Å². The fraction of sp³-hybridized carbons (Fsp3) is 0.250. The largest absolute Gasteiger partial charge is 1.00 e. The van der Waals surface area contributed by atoms with Crippen molar-refractivity contribution < 1.29 is 87.5 Å². The summed E-state index contributed by atoms with van der Waals surface area (Å²) in [6, 6.07) is 5.40. The maximum Gasteiger partial charge on any atom is 1.00 e. The Morgan fingerprint density at radius 3 is 1.15 bits per heavy atom. The van der Waals surface area contributed by atoms with Crippen LogP contribution in [0.3, 0.4) is 0 Å². The van der Waals surface area contributed by atoms with Crippen LogP contribution in [0.15, 0.2) is 18.2 Å². The maximum atomic E-state index is 9.75. The zero-order valence-electron chi connectivity index (χ0n) is 14.4. The van der Waals surface area contributed by atoms with E-state index in [0.717, 1.165) is 5.56 Å². The molecule has 1 aromatic rings. The molecule has 1 nitrogen and oxygen atoms in total. The Morgan fingerprint density at radius 2 is 0.963 bits per heavy atom. The fourth-order valence-corrected chi connectivity index (χ4v) is 1.32. The molecule has 0 aliphatic rings. The molecule has 1 aromatic carbocycles. The molecule has 0 saturated carbocycles. The summed E-state index contributed by atoms with van der Waals surface area (Å²) in [4.78, 5) is 0. The van der Waals surface area contributed by atoms with E-state index in [9.17, 15) is 51.8 Å². The number of rotatable bonds is 2. The quantitative estimate of drug-likeness (QED) is 0.461. The average Bonchev–Trinajstić information content (AvgIpc) is 2.27. The van der Waals surface area contributed by atoms with Gasteiger partial charge in [0.2, 0.25) is 0 Å². The predicted octanol–water partition coefficient (Wildman–Crippen LogP) is 4.16. The van der Waals surface area contributed by atoms with Gasteiger partial charge in [0.05, 0.1) is 6.61 Å². The topological polar surface area (TPSA) is 9.23 Å². The van der Waals surface area contributed by atoms with E-state index in [4.69, 9.17) is 27.9 Å². The summed E-state index contributed by atoms with van der Waals surface area (Å²) in [5, 5.41) is 1.30. The Kier molecular flexibility index (Phi) is 20.5. The van der Waals surface area contributed by atoms with Crippen molar-refractivity contribution in [3.63, 3.8) is 0 Å². The van der Waals surface area contributed by atoms with Gasteiger partial charge in [-0.15, -0.1) is 0 Å². The summed E-state index contributed by atoms with van der Waals surface area (Å²) in [5.74, 6) is 0. The van der Waals surface area contributed by atoms with Crippen LogP contribution >= 0.6 is 23.2 Å². The Labute approximate surface area is 179 Å². The maximum absolute atomic E-state index is 9.75. The summed E-state index contributed by atoms with van der Waals surface area (Å²) in [6.45, 7) is 0.457. The molecule has 158 valence electrons. The van der Waals surface area contributed by atoms with Gasteiger partial charge in [-0.2, -0.15) is 0 Å². The first-order valence-electron chi connectivity index (χ1n) is 5.79. The molecule has 0 radical (unpaired) electrons. The average molecular weight is 475 g/mol. The van der Waals surface area contributed by atoms with E-state index < -0.39 is 21.8 Å². The molecule has 0 amide bonds. The third-order valence-corrected chi connectivity index (χ3v) is 2.06. The molecule has 0 unspecified atom stereocenters. The Morgan fingerprint density at radius 1 is 0.741 bits per heavy atom. The normalized spacial score (nSPS) is 10.8. The van der Waals surface area contributed by atoms with Crippen LogP contribution in [0.5, 0.6) is 0 Å². The number of benzene rings is 1. The zero-order chi connectivity index (χ0) is 21.8. The molecule has 0 aromatic heterocycles. The van der Waals surface area contributed by atoms with Gasteiger partial charge in [-0.05, 0) is 12.1 Å². The summed E-state index contributed by atoms with van der Waals surface area (Å²) in [5.41, 5.74) is 0.846. The predicted molar refractivity (Wildman–Crippen MR) is 78.8 cm³/mol. The van der Waals surface area contributed by atoms with Crippen molar-refractivity contribution in [1.29, 1.82) is 0 Å². The van der Waals surface area contributed by atoms with Gasteiger partial charge in [0.15, 0.2) is 0 Å². The second-order valence-electron chi connectivity index (χ2n) is 3.62. The van der Waals surface area contributed by atoms with Crippen LogP contribution in [0.1, 0.15) is 6.99 Å². The minimum absolute atomic E-state index is 0. The van der Waals surface area contributed by atoms with Gasteiger partial charge in [0.1, 0.15) is 0 Å². The Balaban J connectivity index is -0.0000000896. The first-order chi connectivity index (χ1) is 11.3. The fourth-order valence-electron chi connectivity index (χ4n) is 0.815. The summed E-state index contributed by atoms with van der Waals surface area (Å²) < 4.78 is 122. The van der Waals surface area contributed by atoms with Crippen LogP contribution in [-0.2, 0) is 11.3 Å². The molecule has 0 saturated heterocycles. The number of halogens is 14. The standard InChI is InChI=1S/C8H8Cl2O.3BF4.Na.H/c1-11-5-6-7(9)3-2-4-8(6)10;3*2-1(3,4)5;;/h2-4H,5H2,1H3;;;;;/q;3*-1;+1;-1. The molecule has 0 aliphatic heterocycles. The third-order valence-electron chi connectivity index (χ3n) is 1.35. The molecule has 0 atom stereocenters. The molecule has 0 bridgehead atoms. The van der Waals surface area contributed by atoms with E-state index >= 15 is 0 Å². The second-order valence-corrected chi connectivity index (χ2v) is 4.43. The molecule has 0 spiro atoms. The van der Waals surface area contributed by atoms with Crippen molar-refractivity contribution in [2.45, 2.75) is 6.61 Å². The molecule has 0 N–H and O–H groups in total. The van der Waals surface area contributed by atoms with E-state index in [-0.39, 0.29) is 31.0 Å².